The molecule has 1 heterocycles. The maximum absolute atomic E-state index is 11.9. The smallest absolute Gasteiger partial charge is 0.243 e. The van der Waals surface area contributed by atoms with Crippen molar-refractivity contribution in [3.63, 3.8) is 0 Å². The van der Waals surface area contributed by atoms with Gasteiger partial charge in [-0.15, -0.1) is 0 Å². The van der Waals surface area contributed by atoms with Crippen LogP contribution in [0.15, 0.2) is 0 Å². The molecule has 2 rings (SSSR count). The fourth-order valence-electron chi connectivity index (χ4n) is 3.18. The van der Waals surface area contributed by atoms with Crippen LogP contribution in [0, 0.1) is 5.92 Å². The van der Waals surface area contributed by atoms with E-state index in [-0.39, 0.29) is 24.4 Å². The summed E-state index contributed by atoms with van der Waals surface area (Å²) in [5.41, 5.74) is 0. The molecule has 102 valence electrons. The number of hydrogen-bond donors (Lipinski definition) is 1. The largest absolute Gasteiger partial charge is 0.345 e. The SMILES string of the molecule is CCC1C(=O)NCC(=O)N1CCC1CCCCC1. The molecule has 1 unspecified atom stereocenters. The van der Waals surface area contributed by atoms with Gasteiger partial charge in [0.2, 0.25) is 11.8 Å². The normalized spacial score (nSPS) is 26.3. The Morgan fingerprint density at radius 3 is 2.61 bits per heavy atom. The van der Waals surface area contributed by atoms with Crippen molar-refractivity contribution in [2.24, 2.45) is 5.92 Å². The molecular weight excluding hydrogens is 228 g/mol. The van der Waals surface area contributed by atoms with Crippen LogP contribution in [-0.4, -0.2) is 35.8 Å². The van der Waals surface area contributed by atoms with E-state index >= 15 is 0 Å². The van der Waals surface area contributed by atoms with Crippen molar-refractivity contribution < 1.29 is 9.59 Å². The predicted molar refractivity (Wildman–Crippen MR) is 70.0 cm³/mol. The van der Waals surface area contributed by atoms with Gasteiger partial charge in [-0.2, -0.15) is 0 Å². The molecule has 4 heteroatoms. The molecule has 0 aromatic carbocycles. The summed E-state index contributed by atoms with van der Waals surface area (Å²) in [4.78, 5) is 25.4. The lowest BCUT2D eigenvalue weighted by molar-refractivity contribution is -0.145. The van der Waals surface area contributed by atoms with Gasteiger partial charge in [0, 0.05) is 6.54 Å². The maximum atomic E-state index is 11.9. The Labute approximate surface area is 109 Å². The Morgan fingerprint density at radius 2 is 1.94 bits per heavy atom. The van der Waals surface area contributed by atoms with Gasteiger partial charge < -0.3 is 10.2 Å². The molecule has 1 aliphatic carbocycles. The average molecular weight is 252 g/mol. The zero-order valence-corrected chi connectivity index (χ0v) is 11.3. The van der Waals surface area contributed by atoms with Gasteiger partial charge in [0.05, 0.1) is 6.54 Å². The summed E-state index contributed by atoms with van der Waals surface area (Å²) >= 11 is 0. The molecule has 2 aliphatic rings. The van der Waals surface area contributed by atoms with Gasteiger partial charge in [-0.25, -0.2) is 0 Å². The minimum Gasteiger partial charge on any atom is -0.345 e. The second kappa shape index (κ2) is 6.21. The molecule has 2 fully saturated rings. The molecule has 4 nitrogen and oxygen atoms in total. The van der Waals surface area contributed by atoms with E-state index in [2.05, 4.69) is 5.32 Å². The summed E-state index contributed by atoms with van der Waals surface area (Å²) in [6, 6.07) is -0.241. The minimum absolute atomic E-state index is 0.0146. The lowest BCUT2D eigenvalue weighted by atomic mass is 9.86. The third-order valence-electron chi connectivity index (χ3n) is 4.30. The van der Waals surface area contributed by atoms with Crippen LogP contribution in [-0.2, 0) is 9.59 Å². The van der Waals surface area contributed by atoms with Gasteiger partial charge >= 0.3 is 0 Å². The van der Waals surface area contributed by atoms with Gasteiger partial charge in [-0.05, 0) is 18.8 Å². The van der Waals surface area contributed by atoms with E-state index in [1.54, 1.807) is 4.90 Å². The van der Waals surface area contributed by atoms with Gasteiger partial charge in [-0.3, -0.25) is 9.59 Å². The number of nitrogens with zero attached hydrogens (tertiary/aromatic N) is 1. The van der Waals surface area contributed by atoms with Crippen molar-refractivity contribution in [2.45, 2.75) is 57.9 Å². The first kappa shape index (κ1) is 13.4. The fourth-order valence-corrected chi connectivity index (χ4v) is 3.18. The minimum atomic E-state index is -0.241. The number of hydrogen-bond acceptors (Lipinski definition) is 2. The Bertz CT molecular complexity index is 311. The maximum Gasteiger partial charge on any atom is 0.243 e. The van der Waals surface area contributed by atoms with Gasteiger partial charge in [0.15, 0.2) is 0 Å². The third kappa shape index (κ3) is 3.03. The van der Waals surface area contributed by atoms with Crippen molar-refractivity contribution in [3.8, 4) is 0 Å². The summed E-state index contributed by atoms with van der Waals surface area (Å²) < 4.78 is 0. The molecule has 0 aromatic heterocycles. The van der Waals surface area contributed by atoms with Crippen molar-refractivity contribution in [1.29, 1.82) is 0 Å². The summed E-state index contributed by atoms with van der Waals surface area (Å²) in [6.07, 6.45) is 8.39. The Morgan fingerprint density at radius 1 is 1.22 bits per heavy atom. The molecule has 2 amide bonds. The standard InChI is InChI=1S/C14H24N2O2/c1-2-12-14(18)15-10-13(17)16(12)9-8-11-6-4-3-5-7-11/h11-12H,2-10H2,1H3,(H,15,18). The van der Waals surface area contributed by atoms with Crippen molar-refractivity contribution in [3.05, 3.63) is 0 Å². The van der Waals surface area contributed by atoms with Crippen LogP contribution in [0.25, 0.3) is 0 Å². The average Bonchev–Trinajstić information content (AvgIpc) is 2.41. The van der Waals surface area contributed by atoms with Crippen molar-refractivity contribution in [1.82, 2.24) is 10.2 Å². The van der Waals surface area contributed by atoms with E-state index < -0.39 is 0 Å². The molecule has 0 bridgehead atoms. The van der Waals surface area contributed by atoms with E-state index in [1.165, 1.54) is 32.1 Å². The zero-order chi connectivity index (χ0) is 13.0. The number of carbonyl (C=O) groups is 2. The highest BCUT2D eigenvalue weighted by Gasteiger charge is 2.33. The molecule has 1 atom stereocenters. The highest BCUT2D eigenvalue weighted by atomic mass is 16.2. The molecular formula is C14H24N2O2. The monoisotopic (exact) mass is 252 g/mol. The second-order valence-electron chi connectivity index (χ2n) is 5.52. The summed E-state index contributed by atoms with van der Waals surface area (Å²) in [5, 5.41) is 2.67. The molecule has 18 heavy (non-hydrogen) atoms. The number of nitrogens with one attached hydrogen (secondary N) is 1. The van der Waals surface area contributed by atoms with E-state index in [9.17, 15) is 9.59 Å². The second-order valence-corrected chi connectivity index (χ2v) is 5.52. The van der Waals surface area contributed by atoms with Gasteiger partial charge in [0.25, 0.3) is 0 Å². The zero-order valence-electron chi connectivity index (χ0n) is 11.3. The van der Waals surface area contributed by atoms with Crippen LogP contribution >= 0.6 is 0 Å². The first-order valence-electron chi connectivity index (χ1n) is 7.29. The highest BCUT2D eigenvalue weighted by molar-refractivity contribution is 5.94. The fraction of sp³-hybridized carbons (Fsp3) is 0.857. The van der Waals surface area contributed by atoms with Crippen LogP contribution in [0.4, 0.5) is 0 Å². The molecule has 0 radical (unpaired) electrons. The molecule has 1 saturated carbocycles. The first-order chi connectivity index (χ1) is 8.72. The molecule has 1 N–H and O–H groups in total. The van der Waals surface area contributed by atoms with Crippen LogP contribution in [0.2, 0.25) is 0 Å². The quantitative estimate of drug-likeness (QED) is 0.828. The number of rotatable bonds is 4. The lowest BCUT2D eigenvalue weighted by Crippen LogP contribution is -2.58. The summed E-state index contributed by atoms with van der Waals surface area (Å²) in [5.74, 6) is 0.854. The van der Waals surface area contributed by atoms with Crippen LogP contribution in [0.5, 0.6) is 0 Å². The Kier molecular flexibility index (Phi) is 4.61. The Hall–Kier alpha value is -1.06. The first-order valence-corrected chi connectivity index (χ1v) is 7.29. The van der Waals surface area contributed by atoms with E-state index in [4.69, 9.17) is 0 Å². The van der Waals surface area contributed by atoms with Crippen molar-refractivity contribution in [2.75, 3.05) is 13.1 Å². The Balaban J connectivity index is 1.88. The highest BCUT2D eigenvalue weighted by Crippen LogP contribution is 2.27. The van der Waals surface area contributed by atoms with Crippen LogP contribution in [0.3, 0.4) is 0 Å². The topological polar surface area (TPSA) is 49.4 Å². The number of amides is 2. The van der Waals surface area contributed by atoms with Gasteiger partial charge in [-0.1, -0.05) is 39.0 Å². The summed E-state index contributed by atoms with van der Waals surface area (Å²) in [6.45, 7) is 2.91. The molecule has 0 spiro atoms. The molecule has 0 aromatic rings. The van der Waals surface area contributed by atoms with Crippen molar-refractivity contribution >= 4 is 11.8 Å². The van der Waals surface area contributed by atoms with Gasteiger partial charge in [0.1, 0.15) is 6.04 Å². The molecule has 1 saturated heterocycles. The van der Waals surface area contributed by atoms with Crippen LogP contribution < -0.4 is 5.32 Å². The van der Waals surface area contributed by atoms with E-state index in [0.29, 0.717) is 6.42 Å². The third-order valence-corrected chi connectivity index (χ3v) is 4.30. The number of piperazine rings is 1. The predicted octanol–water partition coefficient (Wildman–Crippen LogP) is 1.69. The summed E-state index contributed by atoms with van der Waals surface area (Å²) in [7, 11) is 0. The lowest BCUT2D eigenvalue weighted by Gasteiger charge is -2.35. The molecule has 1 aliphatic heterocycles. The van der Waals surface area contributed by atoms with Crippen LogP contribution in [0.1, 0.15) is 51.9 Å². The number of carbonyl (C=O) groups excluding carboxylic acids is 2. The van der Waals surface area contributed by atoms with E-state index in [0.717, 1.165) is 18.9 Å². The van der Waals surface area contributed by atoms with E-state index in [1.807, 2.05) is 6.92 Å².